The summed E-state index contributed by atoms with van der Waals surface area (Å²) in [5.74, 6) is 0.762. The lowest BCUT2D eigenvalue weighted by atomic mass is 10.1. The Hall–Kier alpha value is -2.64. The van der Waals surface area contributed by atoms with Crippen LogP contribution >= 0.6 is 0 Å². The molecule has 1 aromatic heterocycles. The molecule has 30 heavy (non-hydrogen) atoms. The molecule has 7 heteroatoms. The van der Waals surface area contributed by atoms with Crippen molar-refractivity contribution in [2.24, 2.45) is 0 Å². The van der Waals surface area contributed by atoms with Crippen molar-refractivity contribution in [3.8, 4) is 0 Å². The topological polar surface area (TPSA) is 75.3 Å². The van der Waals surface area contributed by atoms with Crippen molar-refractivity contribution in [1.29, 1.82) is 0 Å². The molecule has 0 saturated carbocycles. The highest BCUT2D eigenvalue weighted by molar-refractivity contribution is 7.92. The van der Waals surface area contributed by atoms with E-state index >= 15 is 0 Å². The second-order valence-electron chi connectivity index (χ2n) is 8.48. The minimum Gasteiger partial charge on any atom is -0.361 e. The zero-order valence-corrected chi connectivity index (χ0v) is 18.4. The first-order chi connectivity index (χ1) is 14.3. The average Bonchev–Trinajstić information content (AvgIpc) is 3.11. The van der Waals surface area contributed by atoms with Crippen molar-refractivity contribution in [1.82, 2.24) is 9.97 Å². The predicted molar refractivity (Wildman–Crippen MR) is 120 cm³/mol. The van der Waals surface area contributed by atoms with Crippen LogP contribution in [0.3, 0.4) is 0 Å². The molecule has 0 radical (unpaired) electrons. The highest BCUT2D eigenvalue weighted by Gasteiger charge is 2.31. The number of nitrogens with zero attached hydrogens (tertiary/aromatic N) is 2. The van der Waals surface area contributed by atoms with Gasteiger partial charge in [-0.15, -0.1) is 0 Å². The number of rotatable bonds is 3. The van der Waals surface area contributed by atoms with Crippen LogP contribution in [-0.2, 0) is 14.6 Å². The van der Waals surface area contributed by atoms with Gasteiger partial charge in [-0.1, -0.05) is 18.2 Å². The molecule has 2 aromatic carbocycles. The van der Waals surface area contributed by atoms with Crippen LogP contribution in [0.2, 0.25) is 0 Å². The Bertz CT molecular complexity index is 1180. The molecule has 0 atom stereocenters. The molecule has 4 rings (SSSR count). The minimum atomic E-state index is -3.43. The number of allylic oxidation sites excluding steroid dienone is 1. The molecule has 0 spiro atoms. The molecule has 0 aliphatic carbocycles. The molecule has 2 heterocycles. The molecule has 1 aliphatic rings. The largest absolute Gasteiger partial charge is 0.361 e. The van der Waals surface area contributed by atoms with Gasteiger partial charge in [-0.05, 0) is 63.9 Å². The fourth-order valence-corrected chi connectivity index (χ4v) is 4.65. The number of anilines is 1. The third kappa shape index (κ3) is 4.00. The van der Waals surface area contributed by atoms with E-state index in [4.69, 9.17) is 9.72 Å². The van der Waals surface area contributed by atoms with Crippen molar-refractivity contribution in [3.63, 3.8) is 0 Å². The quantitative estimate of drug-likeness (QED) is 0.655. The van der Waals surface area contributed by atoms with Crippen LogP contribution in [0.4, 0.5) is 5.69 Å². The van der Waals surface area contributed by atoms with Crippen molar-refractivity contribution in [3.05, 3.63) is 60.6 Å². The monoisotopic (exact) mass is 425 g/mol. The lowest BCUT2D eigenvalue weighted by Crippen LogP contribution is -2.27. The second kappa shape index (κ2) is 7.89. The van der Waals surface area contributed by atoms with Gasteiger partial charge >= 0.3 is 0 Å². The maximum absolute atomic E-state index is 12.8. The van der Waals surface area contributed by atoms with Crippen LogP contribution in [0, 0.1) is 0 Å². The average molecular weight is 426 g/mol. The summed E-state index contributed by atoms with van der Waals surface area (Å²) in [6, 6.07) is 15.2. The van der Waals surface area contributed by atoms with Gasteiger partial charge in [-0.2, -0.15) is 0 Å². The maximum Gasteiger partial charge on any atom is 0.183 e. The number of H-pyrrole nitrogens is 1. The van der Waals surface area contributed by atoms with E-state index in [0.717, 1.165) is 41.0 Å². The molecule has 0 unspecified atom stereocenters. The second-order valence-corrected chi connectivity index (χ2v) is 11.2. The Kier molecular flexibility index (Phi) is 5.42. The van der Waals surface area contributed by atoms with Crippen LogP contribution in [0.1, 0.15) is 39.4 Å². The van der Waals surface area contributed by atoms with Gasteiger partial charge in [0.1, 0.15) is 12.6 Å². The van der Waals surface area contributed by atoms with E-state index in [9.17, 15) is 8.42 Å². The standard InChI is InChI=1S/C23H27N3O3S/c1-23(2,3)30(27,28)19-11-12-20-21(14-19)25-22(24-20)17-8-7-13-29-16-26(15-17)18-9-5-4-6-10-18/h4-6,9-12,14-15H,7-8,13,16H2,1-3H3,(H,24,25)/b17-15+. The molecule has 1 N–H and O–H groups in total. The summed E-state index contributed by atoms with van der Waals surface area (Å²) in [6.07, 6.45) is 3.78. The summed E-state index contributed by atoms with van der Waals surface area (Å²) in [4.78, 5) is 10.4. The van der Waals surface area contributed by atoms with Gasteiger partial charge in [0.25, 0.3) is 0 Å². The van der Waals surface area contributed by atoms with Crippen LogP contribution in [0.5, 0.6) is 0 Å². The van der Waals surface area contributed by atoms with E-state index < -0.39 is 14.6 Å². The Morgan fingerprint density at radius 1 is 1.10 bits per heavy atom. The number of nitrogens with one attached hydrogen (secondary N) is 1. The van der Waals surface area contributed by atoms with Crippen molar-refractivity contribution in [2.45, 2.75) is 43.3 Å². The summed E-state index contributed by atoms with van der Waals surface area (Å²) >= 11 is 0. The van der Waals surface area contributed by atoms with E-state index in [-0.39, 0.29) is 0 Å². The molecule has 1 aliphatic heterocycles. The van der Waals surface area contributed by atoms with Crippen molar-refractivity contribution >= 4 is 32.1 Å². The molecular weight excluding hydrogens is 398 g/mol. The fraction of sp³-hybridized carbons (Fsp3) is 0.348. The van der Waals surface area contributed by atoms with E-state index in [1.807, 2.05) is 30.3 Å². The smallest absolute Gasteiger partial charge is 0.183 e. The van der Waals surface area contributed by atoms with Crippen LogP contribution in [0.25, 0.3) is 16.6 Å². The van der Waals surface area contributed by atoms with E-state index in [0.29, 0.717) is 18.2 Å². The highest BCUT2D eigenvalue weighted by atomic mass is 32.2. The minimum absolute atomic E-state index is 0.309. The van der Waals surface area contributed by atoms with Gasteiger partial charge in [-0.3, -0.25) is 0 Å². The SMILES string of the molecule is CC(C)(C)S(=O)(=O)c1ccc2nc(/C3=C/N(c4ccccc4)COCCC3)[nH]c2c1. The number of hydrogen-bond donors (Lipinski definition) is 1. The number of hydrogen-bond acceptors (Lipinski definition) is 5. The molecule has 6 nitrogen and oxygen atoms in total. The molecule has 3 aromatic rings. The number of para-hydroxylation sites is 1. The van der Waals surface area contributed by atoms with Gasteiger partial charge in [0.2, 0.25) is 0 Å². The lowest BCUT2D eigenvalue weighted by Gasteiger charge is -2.24. The summed E-state index contributed by atoms with van der Waals surface area (Å²) in [5.41, 5.74) is 3.59. The van der Waals surface area contributed by atoms with Crippen LogP contribution in [0.15, 0.2) is 59.6 Å². The molecule has 0 saturated heterocycles. The molecule has 158 valence electrons. The van der Waals surface area contributed by atoms with Crippen molar-refractivity contribution < 1.29 is 13.2 Å². The first kappa shape index (κ1) is 20.6. The number of benzene rings is 2. The number of imidazole rings is 1. The van der Waals surface area contributed by atoms with Crippen LogP contribution < -0.4 is 4.90 Å². The lowest BCUT2D eigenvalue weighted by molar-refractivity contribution is 0.136. The predicted octanol–water partition coefficient (Wildman–Crippen LogP) is 4.75. The summed E-state index contributed by atoms with van der Waals surface area (Å²) in [6.45, 7) is 6.29. The van der Waals surface area contributed by atoms with Crippen LogP contribution in [-0.4, -0.2) is 36.5 Å². The number of sulfone groups is 1. The molecule has 0 bridgehead atoms. The van der Waals surface area contributed by atoms with Gasteiger partial charge in [0.15, 0.2) is 9.84 Å². The third-order valence-corrected chi connectivity index (χ3v) is 7.73. The maximum atomic E-state index is 12.8. The number of aromatic amines is 1. The van der Waals surface area contributed by atoms with E-state index in [2.05, 4.69) is 16.1 Å². The van der Waals surface area contributed by atoms with Gasteiger partial charge in [-0.25, -0.2) is 13.4 Å². The van der Waals surface area contributed by atoms with E-state index in [1.54, 1.807) is 39.0 Å². The Labute approximate surface area is 177 Å². The number of ether oxygens (including phenoxy) is 1. The fourth-order valence-electron chi connectivity index (χ4n) is 3.43. The zero-order valence-electron chi connectivity index (χ0n) is 17.6. The summed E-state index contributed by atoms with van der Waals surface area (Å²) in [7, 11) is -3.43. The van der Waals surface area contributed by atoms with E-state index in [1.165, 1.54) is 0 Å². The molecule has 0 amide bonds. The highest BCUT2D eigenvalue weighted by Crippen LogP contribution is 2.29. The first-order valence-electron chi connectivity index (χ1n) is 10.1. The Balaban J connectivity index is 1.74. The summed E-state index contributed by atoms with van der Waals surface area (Å²) < 4.78 is 30.5. The number of aromatic nitrogens is 2. The zero-order chi connectivity index (χ0) is 21.4. The summed E-state index contributed by atoms with van der Waals surface area (Å²) in [5, 5.41) is 0. The Morgan fingerprint density at radius 3 is 2.60 bits per heavy atom. The van der Waals surface area contributed by atoms with Gasteiger partial charge < -0.3 is 14.6 Å². The molecule has 0 fully saturated rings. The molecular formula is C23H27N3O3S. The first-order valence-corrected chi connectivity index (χ1v) is 11.6. The van der Waals surface area contributed by atoms with Gasteiger partial charge in [0.05, 0.1) is 20.7 Å². The normalized spacial score (nSPS) is 18.0. The number of fused-ring (bicyclic) bond motifs is 1. The van der Waals surface area contributed by atoms with Crippen molar-refractivity contribution in [2.75, 3.05) is 18.2 Å². The Morgan fingerprint density at radius 2 is 1.87 bits per heavy atom. The third-order valence-electron chi connectivity index (χ3n) is 5.24. The van der Waals surface area contributed by atoms with Gasteiger partial charge in [0, 0.05) is 24.1 Å².